The van der Waals surface area contributed by atoms with Crippen molar-refractivity contribution in [1.82, 2.24) is 0 Å². The molecule has 0 aromatic heterocycles. The van der Waals surface area contributed by atoms with Crippen LogP contribution in [-0.2, 0) is 9.53 Å². The summed E-state index contributed by atoms with van der Waals surface area (Å²) in [4.78, 5) is 22.1. The molecule has 0 atom stereocenters. The molecular weight excluding hydrogens is 436 g/mol. The molecule has 98 valence electrons. The van der Waals surface area contributed by atoms with Crippen LogP contribution < -0.4 is 0 Å². The van der Waals surface area contributed by atoms with Gasteiger partial charge in [-0.2, -0.15) is 0 Å². The van der Waals surface area contributed by atoms with E-state index in [0.29, 0.717) is 16.5 Å². The Morgan fingerprint density at radius 1 is 1.22 bits per heavy atom. The maximum absolute atomic E-state index is 11.8. The second-order valence-corrected chi connectivity index (χ2v) is 5.95. The average molecular weight is 445 g/mol. The minimum absolute atomic E-state index is 0.0172. The molecule has 0 bridgehead atoms. The number of carboxylic acid groups (broad SMARTS) is 1. The summed E-state index contributed by atoms with van der Waals surface area (Å²) in [5.41, 5.74) is 0.381. The molecule has 1 N–H and O–H groups in total. The van der Waals surface area contributed by atoms with Gasteiger partial charge < -0.3 is 9.84 Å². The smallest absolute Gasteiger partial charge is 0.339 e. The van der Waals surface area contributed by atoms with Gasteiger partial charge in [0.15, 0.2) is 0 Å². The van der Waals surface area contributed by atoms with Crippen LogP contribution in [0.4, 0.5) is 0 Å². The SMILES string of the molecule is O=C(O)CCCOC(=O)c1cc(Br)cc(Br)c1Br. The number of carbonyl (C=O) groups excluding carboxylic acids is 1. The average Bonchev–Trinajstić information content (AvgIpc) is 2.28. The Hall–Kier alpha value is -0.400. The Bertz CT molecular complexity index is 474. The van der Waals surface area contributed by atoms with E-state index in [1.165, 1.54) is 0 Å². The quantitative estimate of drug-likeness (QED) is 0.423. The van der Waals surface area contributed by atoms with Crippen molar-refractivity contribution in [3.63, 3.8) is 0 Å². The maximum atomic E-state index is 11.8. The van der Waals surface area contributed by atoms with Gasteiger partial charge >= 0.3 is 11.9 Å². The van der Waals surface area contributed by atoms with Gasteiger partial charge in [-0.25, -0.2) is 4.79 Å². The van der Waals surface area contributed by atoms with E-state index >= 15 is 0 Å². The van der Waals surface area contributed by atoms with Gasteiger partial charge in [0.2, 0.25) is 0 Å². The van der Waals surface area contributed by atoms with Crippen LogP contribution in [0.3, 0.4) is 0 Å². The Morgan fingerprint density at radius 2 is 1.89 bits per heavy atom. The lowest BCUT2D eigenvalue weighted by atomic mass is 10.2. The normalized spacial score (nSPS) is 10.2. The van der Waals surface area contributed by atoms with Gasteiger partial charge in [0.05, 0.1) is 12.2 Å². The van der Waals surface area contributed by atoms with Crippen LogP contribution in [0.5, 0.6) is 0 Å². The largest absolute Gasteiger partial charge is 0.481 e. The van der Waals surface area contributed by atoms with Gasteiger partial charge in [0, 0.05) is 19.8 Å². The lowest BCUT2D eigenvalue weighted by Crippen LogP contribution is -2.09. The Morgan fingerprint density at radius 3 is 2.50 bits per heavy atom. The topological polar surface area (TPSA) is 63.6 Å². The molecule has 1 aromatic rings. The van der Waals surface area contributed by atoms with Gasteiger partial charge in [0.1, 0.15) is 0 Å². The number of carbonyl (C=O) groups is 2. The third kappa shape index (κ3) is 4.70. The summed E-state index contributed by atoms with van der Waals surface area (Å²) in [6, 6.07) is 3.43. The fourth-order valence-corrected chi connectivity index (χ4v) is 2.79. The van der Waals surface area contributed by atoms with Gasteiger partial charge in [-0.1, -0.05) is 15.9 Å². The first kappa shape index (κ1) is 15.7. The number of hydrogen-bond acceptors (Lipinski definition) is 3. The van der Waals surface area contributed by atoms with E-state index in [9.17, 15) is 9.59 Å². The number of hydrogen-bond donors (Lipinski definition) is 1. The molecule has 0 aliphatic rings. The number of ether oxygens (including phenoxy) is 1. The maximum Gasteiger partial charge on any atom is 0.339 e. The minimum atomic E-state index is -0.905. The number of aliphatic carboxylic acids is 1. The van der Waals surface area contributed by atoms with E-state index in [4.69, 9.17) is 9.84 Å². The van der Waals surface area contributed by atoms with Crippen LogP contribution in [-0.4, -0.2) is 23.7 Å². The van der Waals surface area contributed by atoms with E-state index in [-0.39, 0.29) is 13.0 Å². The van der Waals surface area contributed by atoms with Crippen molar-refractivity contribution < 1.29 is 19.4 Å². The highest BCUT2D eigenvalue weighted by atomic mass is 79.9. The second kappa shape index (κ2) is 7.25. The Balaban J connectivity index is 2.64. The monoisotopic (exact) mass is 442 g/mol. The molecule has 0 saturated heterocycles. The van der Waals surface area contributed by atoms with Crippen LogP contribution in [0, 0.1) is 0 Å². The van der Waals surface area contributed by atoms with Crippen LogP contribution in [0.2, 0.25) is 0 Å². The first-order chi connectivity index (χ1) is 8.41. The summed E-state index contributed by atoms with van der Waals surface area (Å²) in [5.74, 6) is -1.40. The molecule has 18 heavy (non-hydrogen) atoms. The standard InChI is InChI=1S/C11H9Br3O4/c12-6-4-7(10(14)8(13)5-6)11(17)18-3-1-2-9(15)16/h4-5H,1-3H2,(H,15,16). The van der Waals surface area contributed by atoms with Gasteiger partial charge in [-0.3, -0.25) is 4.79 Å². The third-order valence-corrected chi connectivity index (χ3v) is 4.45. The van der Waals surface area contributed by atoms with E-state index in [1.54, 1.807) is 12.1 Å². The molecule has 1 rings (SSSR count). The molecule has 0 fully saturated rings. The predicted octanol–water partition coefficient (Wildman–Crippen LogP) is 4.00. The first-order valence-electron chi connectivity index (χ1n) is 4.95. The first-order valence-corrected chi connectivity index (χ1v) is 7.33. The van der Waals surface area contributed by atoms with E-state index in [0.717, 1.165) is 8.95 Å². The van der Waals surface area contributed by atoms with Crippen molar-refractivity contribution in [2.45, 2.75) is 12.8 Å². The third-order valence-electron chi connectivity index (χ3n) is 1.98. The van der Waals surface area contributed by atoms with Crippen molar-refractivity contribution >= 4 is 59.7 Å². The summed E-state index contributed by atoms with van der Waals surface area (Å²) in [6.45, 7) is 0.0850. The lowest BCUT2D eigenvalue weighted by molar-refractivity contribution is -0.137. The molecule has 0 radical (unpaired) electrons. The highest BCUT2D eigenvalue weighted by Gasteiger charge is 2.15. The number of rotatable bonds is 5. The zero-order valence-corrected chi connectivity index (χ0v) is 13.8. The van der Waals surface area contributed by atoms with Crippen LogP contribution in [0.1, 0.15) is 23.2 Å². The Kier molecular flexibility index (Phi) is 6.31. The lowest BCUT2D eigenvalue weighted by Gasteiger charge is -2.07. The molecule has 7 heteroatoms. The van der Waals surface area contributed by atoms with Crippen LogP contribution in [0.25, 0.3) is 0 Å². The molecule has 0 saturated carbocycles. The number of halogens is 3. The minimum Gasteiger partial charge on any atom is -0.481 e. The molecular formula is C11H9Br3O4. The highest BCUT2D eigenvalue weighted by Crippen LogP contribution is 2.31. The van der Waals surface area contributed by atoms with Crippen molar-refractivity contribution in [2.75, 3.05) is 6.61 Å². The molecule has 0 spiro atoms. The van der Waals surface area contributed by atoms with Gasteiger partial charge in [0.25, 0.3) is 0 Å². The fraction of sp³-hybridized carbons (Fsp3) is 0.273. The van der Waals surface area contributed by atoms with Crippen molar-refractivity contribution in [3.8, 4) is 0 Å². The van der Waals surface area contributed by atoms with Crippen molar-refractivity contribution in [1.29, 1.82) is 0 Å². The molecule has 0 aliphatic heterocycles. The summed E-state index contributed by atoms with van der Waals surface area (Å²) < 4.78 is 7.08. The zero-order valence-electron chi connectivity index (χ0n) is 9.08. The summed E-state index contributed by atoms with van der Waals surface area (Å²) in [5, 5.41) is 8.45. The van der Waals surface area contributed by atoms with E-state index in [2.05, 4.69) is 47.8 Å². The summed E-state index contributed by atoms with van der Waals surface area (Å²) in [6.07, 6.45) is 0.282. The summed E-state index contributed by atoms with van der Waals surface area (Å²) >= 11 is 9.87. The van der Waals surface area contributed by atoms with Gasteiger partial charge in [-0.15, -0.1) is 0 Å². The van der Waals surface area contributed by atoms with Crippen LogP contribution in [0.15, 0.2) is 25.6 Å². The molecule has 0 unspecified atom stereocenters. The zero-order chi connectivity index (χ0) is 13.7. The molecule has 1 aromatic carbocycles. The second-order valence-electron chi connectivity index (χ2n) is 3.38. The molecule has 4 nitrogen and oxygen atoms in total. The number of esters is 1. The Labute approximate surface area is 129 Å². The molecule has 0 heterocycles. The molecule has 0 amide bonds. The predicted molar refractivity (Wildman–Crippen MR) is 76.7 cm³/mol. The van der Waals surface area contributed by atoms with E-state index < -0.39 is 11.9 Å². The number of benzene rings is 1. The molecule has 0 aliphatic carbocycles. The van der Waals surface area contributed by atoms with Gasteiger partial charge in [-0.05, 0) is 50.4 Å². The fourth-order valence-electron chi connectivity index (χ4n) is 1.17. The van der Waals surface area contributed by atoms with Crippen LogP contribution >= 0.6 is 47.8 Å². The van der Waals surface area contributed by atoms with Crippen molar-refractivity contribution in [2.24, 2.45) is 0 Å². The van der Waals surface area contributed by atoms with E-state index in [1.807, 2.05) is 0 Å². The summed E-state index contributed by atoms with van der Waals surface area (Å²) in [7, 11) is 0. The van der Waals surface area contributed by atoms with Crippen molar-refractivity contribution in [3.05, 3.63) is 31.1 Å². The number of carboxylic acids is 1. The highest BCUT2D eigenvalue weighted by molar-refractivity contribution is 9.13.